The van der Waals surface area contributed by atoms with Gasteiger partial charge in [-0.3, -0.25) is 9.11 Å². The van der Waals surface area contributed by atoms with Crippen molar-refractivity contribution in [2.45, 2.75) is 10.8 Å². The fourth-order valence-corrected chi connectivity index (χ4v) is 7.51. The van der Waals surface area contributed by atoms with Crippen LogP contribution < -0.4 is 9.47 Å². The third-order valence-electron chi connectivity index (χ3n) is 5.14. The highest BCUT2D eigenvalue weighted by Gasteiger charge is 2.32. The molecule has 9 nitrogen and oxygen atoms in total. The number of nitrogens with zero attached hydrogens (tertiary/aromatic N) is 3. The lowest BCUT2D eigenvalue weighted by Crippen LogP contribution is -2.39. The molecule has 14 heteroatoms. The Labute approximate surface area is 214 Å². The van der Waals surface area contributed by atoms with Crippen LogP contribution in [-0.2, 0) is 26.1 Å². The number of aromatic nitrogens is 2. The third-order valence-corrected chi connectivity index (χ3v) is 8.77. The zero-order chi connectivity index (χ0) is 25.0. The summed E-state index contributed by atoms with van der Waals surface area (Å²) in [7, 11) is -8.80. The predicted octanol–water partition coefficient (Wildman–Crippen LogP) is 4.23. The number of fused-ring (bicyclic) bond motifs is 2. The van der Waals surface area contributed by atoms with Gasteiger partial charge in [-0.25, -0.2) is 0 Å². The smallest absolute Gasteiger partial charge is 0.324 e. The molecule has 0 radical (unpaired) electrons. The summed E-state index contributed by atoms with van der Waals surface area (Å²) in [5, 5.41) is 1.30. The van der Waals surface area contributed by atoms with Gasteiger partial charge in [-0.2, -0.15) is 21.4 Å². The Kier molecular flexibility index (Phi) is 6.20. The van der Waals surface area contributed by atoms with Crippen molar-refractivity contribution >= 4 is 76.9 Å². The normalized spacial score (nSPS) is 15.3. The number of thioether (sulfide) groups is 1. The van der Waals surface area contributed by atoms with Gasteiger partial charge in [-0.05, 0) is 42.5 Å². The quantitative estimate of drug-likeness (QED) is 0.261. The molecule has 2 aromatic heterocycles. The summed E-state index contributed by atoms with van der Waals surface area (Å²) in [5.41, 5.74) is 1.88. The predicted molar refractivity (Wildman–Crippen MR) is 137 cm³/mol. The van der Waals surface area contributed by atoms with Gasteiger partial charge in [0.05, 0.1) is 22.5 Å². The van der Waals surface area contributed by atoms with Crippen molar-refractivity contribution in [3.05, 3.63) is 76.0 Å². The van der Waals surface area contributed by atoms with Crippen LogP contribution in [0.2, 0.25) is 5.02 Å². The molecule has 2 aromatic carbocycles. The van der Waals surface area contributed by atoms with Gasteiger partial charge in [0.2, 0.25) is 5.52 Å². The number of thiazole rings is 1. The first kappa shape index (κ1) is 24.3. The van der Waals surface area contributed by atoms with Crippen molar-refractivity contribution in [3.63, 3.8) is 0 Å². The molecule has 0 amide bonds. The minimum absolute atomic E-state index is 0.395. The van der Waals surface area contributed by atoms with Crippen LogP contribution in [0.5, 0.6) is 0 Å². The lowest BCUT2D eigenvalue weighted by Gasteiger charge is -2.18. The van der Waals surface area contributed by atoms with E-state index in [0.29, 0.717) is 26.3 Å². The van der Waals surface area contributed by atoms with E-state index in [1.165, 1.54) is 32.6 Å². The molecule has 0 unspecified atom stereocenters. The van der Waals surface area contributed by atoms with Gasteiger partial charge in [0.1, 0.15) is 4.70 Å². The van der Waals surface area contributed by atoms with Gasteiger partial charge in [0.25, 0.3) is 21.0 Å². The second-order valence-electron chi connectivity index (χ2n) is 7.66. The molecule has 3 heterocycles. The summed E-state index contributed by atoms with van der Waals surface area (Å²) < 4.78 is 70.6. The van der Waals surface area contributed by atoms with E-state index < -0.39 is 32.0 Å². The summed E-state index contributed by atoms with van der Waals surface area (Å²) in [4.78, 5) is 2.12. The number of rotatable bonds is 6. The van der Waals surface area contributed by atoms with Crippen LogP contribution in [0.15, 0.2) is 70.8 Å². The molecule has 0 spiro atoms. The summed E-state index contributed by atoms with van der Waals surface area (Å²) in [6.07, 6.45) is 5.34. The highest BCUT2D eigenvalue weighted by molar-refractivity contribution is 8.04. The van der Waals surface area contributed by atoms with Gasteiger partial charge in [-0.15, -0.1) is 0 Å². The van der Waals surface area contributed by atoms with E-state index in [0.717, 1.165) is 15.3 Å². The summed E-state index contributed by atoms with van der Waals surface area (Å²) in [5.74, 6) is -1.40. The van der Waals surface area contributed by atoms with E-state index in [1.54, 1.807) is 24.3 Å². The molecule has 2 N–H and O–H groups in total. The maximum Gasteiger partial charge on any atom is 0.326 e. The van der Waals surface area contributed by atoms with Crippen LogP contribution in [0.1, 0.15) is 5.01 Å². The van der Waals surface area contributed by atoms with Gasteiger partial charge in [0.15, 0.2) is 5.88 Å². The Balaban J connectivity index is 1.68. The standard InChI is InChI=1S/C21H16ClN3O6S4/c22-14-3-5-18-16(9-14)24(12-34(26,27)28)20(32-18)11-21-25(13-35(29,30)31)17-10-15(4-6-19(17)33-21)23-7-1-2-8-23/h1-11H,12-13H2,(H-,26,27,28,29,30,31)/p+1. The molecule has 0 atom stereocenters. The molecular weight excluding hydrogens is 554 g/mol. The van der Waals surface area contributed by atoms with E-state index in [9.17, 15) is 25.9 Å². The highest BCUT2D eigenvalue weighted by Crippen LogP contribution is 2.48. The van der Waals surface area contributed by atoms with Crippen LogP contribution in [-0.4, -0.2) is 36.4 Å². The van der Waals surface area contributed by atoms with Crippen molar-refractivity contribution in [2.75, 3.05) is 10.8 Å². The van der Waals surface area contributed by atoms with Crippen LogP contribution in [0.3, 0.4) is 0 Å². The second kappa shape index (κ2) is 8.92. The van der Waals surface area contributed by atoms with Crippen molar-refractivity contribution in [1.82, 2.24) is 4.57 Å². The maximum absolute atomic E-state index is 11.9. The molecule has 0 saturated carbocycles. The van der Waals surface area contributed by atoms with Gasteiger partial charge in [0, 0.05) is 28.4 Å². The molecule has 182 valence electrons. The molecule has 4 aromatic rings. The van der Waals surface area contributed by atoms with E-state index in [-0.39, 0.29) is 0 Å². The monoisotopic (exact) mass is 570 g/mol. The number of anilines is 1. The Bertz CT molecular complexity index is 1700. The van der Waals surface area contributed by atoms with Gasteiger partial charge < -0.3 is 9.47 Å². The molecule has 5 rings (SSSR count). The fraction of sp³-hybridized carbons (Fsp3) is 0.0952. The minimum Gasteiger partial charge on any atom is -0.324 e. The van der Waals surface area contributed by atoms with E-state index in [4.69, 9.17) is 11.6 Å². The maximum atomic E-state index is 11.9. The Morgan fingerprint density at radius 2 is 1.74 bits per heavy atom. The molecule has 0 saturated heterocycles. The Hall–Kier alpha value is -2.39. The first-order valence-electron chi connectivity index (χ1n) is 9.93. The van der Waals surface area contributed by atoms with Crippen LogP contribution in [0.4, 0.5) is 5.69 Å². The number of hydrogen-bond donors (Lipinski definition) is 2. The largest absolute Gasteiger partial charge is 0.326 e. The van der Waals surface area contributed by atoms with Gasteiger partial charge >= 0.3 is 10.1 Å². The molecule has 35 heavy (non-hydrogen) atoms. The van der Waals surface area contributed by atoms with E-state index in [1.807, 2.05) is 47.3 Å². The average Bonchev–Trinajstić information content (AvgIpc) is 3.46. The first-order chi connectivity index (χ1) is 16.5. The number of benzene rings is 2. The molecule has 1 aliphatic heterocycles. The third kappa shape index (κ3) is 5.26. The van der Waals surface area contributed by atoms with Crippen molar-refractivity contribution in [2.24, 2.45) is 0 Å². The summed E-state index contributed by atoms with van der Waals surface area (Å²) in [6, 6.07) is 14.3. The van der Waals surface area contributed by atoms with E-state index >= 15 is 0 Å². The molecule has 0 fully saturated rings. The first-order valence-corrected chi connectivity index (χ1v) is 15.2. The topological polar surface area (TPSA) is 121 Å². The zero-order valence-corrected chi connectivity index (χ0v) is 21.7. The van der Waals surface area contributed by atoms with E-state index in [2.05, 4.69) is 0 Å². The lowest BCUT2D eigenvalue weighted by molar-refractivity contribution is -0.649. The molecule has 0 bridgehead atoms. The molecule has 1 aliphatic rings. The minimum atomic E-state index is -4.40. The molecular formula is C21H17ClN3O6S4+. The SMILES string of the molecule is O=S(=O)(O)CN1C(=Cc2sc3ccc(-n4cccc4)cc3[n+]2CS(=O)(=O)O)Sc2ccc(Cl)cc21. The van der Waals surface area contributed by atoms with Crippen LogP contribution in [0, 0.1) is 0 Å². The van der Waals surface area contributed by atoms with Crippen molar-refractivity contribution in [1.29, 1.82) is 0 Å². The van der Waals surface area contributed by atoms with Crippen LogP contribution >= 0.6 is 34.7 Å². The number of halogens is 1. The van der Waals surface area contributed by atoms with Gasteiger partial charge in [-0.1, -0.05) is 34.7 Å². The summed E-state index contributed by atoms with van der Waals surface area (Å²) in [6.45, 7) is 0. The number of hydrogen-bond acceptors (Lipinski definition) is 7. The zero-order valence-electron chi connectivity index (χ0n) is 17.6. The highest BCUT2D eigenvalue weighted by atomic mass is 35.5. The van der Waals surface area contributed by atoms with Crippen molar-refractivity contribution in [3.8, 4) is 5.69 Å². The molecule has 0 aliphatic carbocycles. The summed E-state index contributed by atoms with van der Waals surface area (Å²) >= 11 is 8.65. The lowest BCUT2D eigenvalue weighted by atomic mass is 10.3. The second-order valence-corrected chi connectivity index (χ2v) is 13.1. The average molecular weight is 571 g/mol. The fourth-order valence-electron chi connectivity index (χ4n) is 3.74. The van der Waals surface area contributed by atoms with Crippen LogP contribution in [0.25, 0.3) is 22.0 Å². The Morgan fingerprint density at radius 1 is 1.00 bits per heavy atom. The Morgan fingerprint density at radius 3 is 2.43 bits per heavy atom. The van der Waals surface area contributed by atoms with Crippen molar-refractivity contribution < 1.29 is 30.5 Å².